The van der Waals surface area contributed by atoms with Crippen LogP contribution in [-0.4, -0.2) is 44.3 Å². The van der Waals surface area contributed by atoms with Crippen LogP contribution in [0.4, 0.5) is 8.78 Å². The van der Waals surface area contributed by atoms with E-state index in [1.165, 1.54) is 4.31 Å². The first-order chi connectivity index (χ1) is 12.0. The van der Waals surface area contributed by atoms with Gasteiger partial charge in [-0.2, -0.15) is 4.31 Å². The molecule has 2 fully saturated rings. The van der Waals surface area contributed by atoms with Gasteiger partial charge in [-0.25, -0.2) is 17.2 Å². The Kier molecular flexibility index (Phi) is 5.18. The Morgan fingerprint density at radius 1 is 1.15 bits per heavy atom. The van der Waals surface area contributed by atoms with E-state index in [-0.39, 0.29) is 29.3 Å². The van der Waals surface area contributed by atoms with Gasteiger partial charge in [-0.05, 0) is 49.0 Å². The molecule has 1 unspecified atom stereocenters. The Balaban J connectivity index is 1.88. The van der Waals surface area contributed by atoms with Crippen LogP contribution in [0, 0.1) is 5.92 Å². The number of hydrogen-bond acceptors (Lipinski definition) is 3. The zero-order chi connectivity index (χ0) is 19.2. The summed E-state index contributed by atoms with van der Waals surface area (Å²) >= 11 is 0. The van der Waals surface area contributed by atoms with Crippen molar-refractivity contribution in [1.29, 1.82) is 0 Å². The molecule has 0 radical (unpaired) electrons. The van der Waals surface area contributed by atoms with E-state index in [0.29, 0.717) is 25.9 Å². The molecule has 7 heteroatoms. The molecule has 146 valence electrons. The van der Waals surface area contributed by atoms with E-state index in [9.17, 15) is 17.2 Å². The van der Waals surface area contributed by atoms with Crippen molar-refractivity contribution in [2.24, 2.45) is 5.92 Å². The number of alkyl halides is 2. The average molecular weight is 387 g/mol. The van der Waals surface area contributed by atoms with E-state index in [4.69, 9.17) is 0 Å². The topological polar surface area (TPSA) is 49.4 Å². The molecule has 0 amide bonds. The van der Waals surface area contributed by atoms with Gasteiger partial charge in [0.2, 0.25) is 10.0 Å². The van der Waals surface area contributed by atoms with E-state index in [1.807, 2.05) is 12.1 Å². The Labute approximate surface area is 155 Å². The van der Waals surface area contributed by atoms with Crippen LogP contribution < -0.4 is 5.32 Å². The summed E-state index contributed by atoms with van der Waals surface area (Å²) in [7, 11) is -3.80. The van der Waals surface area contributed by atoms with Crippen molar-refractivity contribution >= 4 is 10.0 Å². The van der Waals surface area contributed by atoms with Crippen LogP contribution in [0.25, 0.3) is 0 Å². The number of nitrogens with zero attached hydrogens (tertiary/aromatic N) is 1. The third-order valence-corrected chi connectivity index (χ3v) is 7.33. The number of sulfonamides is 1. The first-order valence-corrected chi connectivity index (χ1v) is 10.7. The van der Waals surface area contributed by atoms with Crippen LogP contribution in [0.5, 0.6) is 0 Å². The van der Waals surface area contributed by atoms with Crippen LogP contribution in [-0.2, 0) is 15.4 Å². The lowest BCUT2D eigenvalue weighted by Gasteiger charge is -2.34. The highest BCUT2D eigenvalue weighted by Crippen LogP contribution is 2.49. The predicted octanol–water partition coefficient (Wildman–Crippen LogP) is 3.38. The fourth-order valence-corrected chi connectivity index (χ4v) is 5.22. The normalized spacial score (nSPS) is 24.0. The molecule has 1 N–H and O–H groups in total. The number of nitrogens with one attached hydrogen (secondary N) is 1. The summed E-state index contributed by atoms with van der Waals surface area (Å²) in [5.41, 5.74) is 0.964. The zero-order valence-electron chi connectivity index (χ0n) is 15.6. The molecule has 0 spiro atoms. The Morgan fingerprint density at radius 3 is 2.15 bits per heavy atom. The SMILES string of the molecule is CC(C)(C)c1ccc(S(=O)(=O)N(CC2CC2(F)F)C2CCNCC2)cc1. The van der Waals surface area contributed by atoms with Gasteiger partial charge in [-0.15, -0.1) is 0 Å². The van der Waals surface area contributed by atoms with Crippen molar-refractivity contribution in [2.75, 3.05) is 19.6 Å². The molecule has 1 saturated carbocycles. The Bertz CT molecular complexity index is 736. The summed E-state index contributed by atoms with van der Waals surface area (Å²) < 4.78 is 54.7. The van der Waals surface area contributed by atoms with Crippen molar-refractivity contribution in [3.05, 3.63) is 29.8 Å². The number of benzene rings is 1. The lowest BCUT2D eigenvalue weighted by atomic mass is 9.87. The molecule has 0 bridgehead atoms. The highest BCUT2D eigenvalue weighted by molar-refractivity contribution is 7.89. The summed E-state index contributed by atoms with van der Waals surface area (Å²) in [6, 6.07) is 6.63. The van der Waals surface area contributed by atoms with Gasteiger partial charge in [-0.3, -0.25) is 0 Å². The predicted molar refractivity (Wildman–Crippen MR) is 98.0 cm³/mol. The Hall–Kier alpha value is -1.05. The second-order valence-electron chi connectivity index (χ2n) is 8.49. The third kappa shape index (κ3) is 4.10. The molecule has 4 nitrogen and oxygen atoms in total. The first kappa shape index (κ1) is 19.7. The number of piperidine rings is 1. The van der Waals surface area contributed by atoms with Gasteiger partial charge in [0.1, 0.15) is 0 Å². The van der Waals surface area contributed by atoms with Gasteiger partial charge in [0.05, 0.1) is 4.90 Å². The van der Waals surface area contributed by atoms with Crippen LogP contribution in [0.3, 0.4) is 0 Å². The minimum atomic E-state index is -3.80. The molecule has 26 heavy (non-hydrogen) atoms. The molecule has 3 rings (SSSR count). The van der Waals surface area contributed by atoms with E-state index in [1.54, 1.807) is 12.1 Å². The van der Waals surface area contributed by atoms with E-state index >= 15 is 0 Å². The van der Waals surface area contributed by atoms with Crippen molar-refractivity contribution in [2.45, 2.75) is 62.3 Å². The van der Waals surface area contributed by atoms with Crippen molar-refractivity contribution in [3.8, 4) is 0 Å². The first-order valence-electron chi connectivity index (χ1n) is 9.23. The molecule has 0 aromatic heterocycles. The van der Waals surface area contributed by atoms with Gasteiger partial charge >= 0.3 is 0 Å². The van der Waals surface area contributed by atoms with Gasteiger partial charge in [0, 0.05) is 24.9 Å². The van der Waals surface area contributed by atoms with Crippen molar-refractivity contribution < 1.29 is 17.2 Å². The molecule has 1 saturated heterocycles. The molecule has 1 aliphatic heterocycles. The fourth-order valence-electron chi connectivity index (χ4n) is 3.49. The second kappa shape index (κ2) is 6.84. The maximum atomic E-state index is 13.5. The fraction of sp³-hybridized carbons (Fsp3) is 0.684. The van der Waals surface area contributed by atoms with E-state index < -0.39 is 21.9 Å². The Morgan fingerprint density at radius 2 is 1.69 bits per heavy atom. The second-order valence-corrected chi connectivity index (χ2v) is 10.4. The van der Waals surface area contributed by atoms with Crippen molar-refractivity contribution in [1.82, 2.24) is 9.62 Å². The van der Waals surface area contributed by atoms with E-state index in [0.717, 1.165) is 5.56 Å². The lowest BCUT2D eigenvalue weighted by molar-refractivity contribution is 0.0905. The molecule has 1 aliphatic carbocycles. The molecular weight excluding hydrogens is 358 g/mol. The standard InChI is InChI=1S/C19H28F2N2O2S/c1-18(2,3)14-4-6-17(7-5-14)26(24,25)23(13-15-12-19(15,20)21)16-8-10-22-11-9-16/h4-7,15-16,22H,8-13H2,1-3H3. The van der Waals surface area contributed by atoms with Crippen molar-refractivity contribution in [3.63, 3.8) is 0 Å². The van der Waals surface area contributed by atoms with Gasteiger partial charge in [-0.1, -0.05) is 32.9 Å². The van der Waals surface area contributed by atoms with Crippen LogP contribution >= 0.6 is 0 Å². The molecule has 1 aromatic carbocycles. The van der Waals surface area contributed by atoms with E-state index in [2.05, 4.69) is 26.1 Å². The summed E-state index contributed by atoms with van der Waals surface area (Å²) in [5.74, 6) is -3.59. The minimum Gasteiger partial charge on any atom is -0.317 e. The maximum absolute atomic E-state index is 13.5. The van der Waals surface area contributed by atoms with Gasteiger partial charge in [0.15, 0.2) is 0 Å². The highest BCUT2D eigenvalue weighted by atomic mass is 32.2. The van der Waals surface area contributed by atoms with Crippen LogP contribution in [0.2, 0.25) is 0 Å². The number of hydrogen-bond donors (Lipinski definition) is 1. The average Bonchev–Trinajstić information content (AvgIpc) is 3.19. The van der Waals surface area contributed by atoms with Gasteiger partial charge in [0.25, 0.3) is 5.92 Å². The smallest absolute Gasteiger partial charge is 0.252 e. The molecule has 2 aliphatic rings. The molecule has 1 atom stereocenters. The molecule has 1 aromatic rings. The zero-order valence-corrected chi connectivity index (χ0v) is 16.5. The summed E-state index contributed by atoms with van der Waals surface area (Å²) in [4.78, 5) is 0.188. The summed E-state index contributed by atoms with van der Waals surface area (Å²) in [6.07, 6.45) is 1.09. The monoisotopic (exact) mass is 386 g/mol. The highest BCUT2D eigenvalue weighted by Gasteiger charge is 2.58. The number of rotatable bonds is 5. The minimum absolute atomic E-state index is 0.0763. The quantitative estimate of drug-likeness (QED) is 0.844. The summed E-state index contributed by atoms with van der Waals surface area (Å²) in [6.45, 7) is 7.51. The van der Waals surface area contributed by atoms with Gasteiger partial charge < -0.3 is 5.32 Å². The third-order valence-electron chi connectivity index (χ3n) is 5.40. The number of halogens is 2. The maximum Gasteiger partial charge on any atom is 0.252 e. The van der Waals surface area contributed by atoms with Crippen LogP contribution in [0.15, 0.2) is 29.2 Å². The summed E-state index contributed by atoms with van der Waals surface area (Å²) in [5, 5.41) is 3.20. The largest absolute Gasteiger partial charge is 0.317 e. The lowest BCUT2D eigenvalue weighted by Crippen LogP contribution is -2.47. The molecular formula is C19H28F2N2O2S. The van der Waals surface area contributed by atoms with Crippen LogP contribution in [0.1, 0.15) is 45.6 Å². The molecule has 1 heterocycles.